The summed E-state index contributed by atoms with van der Waals surface area (Å²) in [6.07, 6.45) is -4.46. The van der Waals surface area contributed by atoms with Gasteiger partial charge in [0.25, 0.3) is 5.91 Å². The number of nitrogens with one attached hydrogen (secondary N) is 2. The normalized spacial score (nSPS) is 11.1. The maximum Gasteiger partial charge on any atom is 0.416 e. The molecule has 0 aliphatic heterocycles. The summed E-state index contributed by atoms with van der Waals surface area (Å²) in [5, 5.41) is 5.72. The molecule has 2 N–H and O–H groups in total. The monoisotopic (exact) mass is 370 g/mol. The van der Waals surface area contributed by atoms with Gasteiger partial charge < -0.3 is 10.6 Å². The molecule has 6 heteroatoms. The number of para-hydroxylation sites is 1. The molecule has 0 fully saturated rings. The zero-order valence-corrected chi connectivity index (χ0v) is 14.3. The Morgan fingerprint density at radius 3 is 2.30 bits per heavy atom. The molecule has 138 valence electrons. The van der Waals surface area contributed by atoms with Crippen LogP contribution in [-0.2, 0) is 12.7 Å². The third-order valence-electron chi connectivity index (χ3n) is 3.95. The van der Waals surface area contributed by atoms with Crippen molar-refractivity contribution in [1.29, 1.82) is 0 Å². The molecule has 3 aromatic rings. The third-order valence-corrected chi connectivity index (χ3v) is 3.95. The van der Waals surface area contributed by atoms with Gasteiger partial charge in [-0.15, -0.1) is 0 Å². The van der Waals surface area contributed by atoms with Crippen LogP contribution in [0.2, 0.25) is 0 Å². The largest absolute Gasteiger partial charge is 0.416 e. The predicted octanol–water partition coefficient (Wildman–Crippen LogP) is 5.57. The molecule has 0 heterocycles. The van der Waals surface area contributed by atoms with Gasteiger partial charge in [0.1, 0.15) is 0 Å². The van der Waals surface area contributed by atoms with E-state index in [0.717, 1.165) is 17.7 Å². The van der Waals surface area contributed by atoms with Crippen molar-refractivity contribution in [3.05, 3.63) is 95.6 Å². The molecule has 0 aromatic heterocycles. The second kappa shape index (κ2) is 7.95. The lowest BCUT2D eigenvalue weighted by Gasteiger charge is -2.13. The first-order chi connectivity index (χ1) is 12.9. The SMILES string of the molecule is O=C(Nc1cccc(C(F)(F)F)c1)c1ccccc1NCc1ccccc1. The number of anilines is 2. The number of rotatable bonds is 5. The first-order valence-electron chi connectivity index (χ1n) is 8.29. The summed E-state index contributed by atoms with van der Waals surface area (Å²) in [6, 6.07) is 21.1. The minimum atomic E-state index is -4.46. The molecule has 1 amide bonds. The number of carbonyl (C=O) groups is 1. The highest BCUT2D eigenvalue weighted by molar-refractivity contribution is 6.08. The zero-order valence-electron chi connectivity index (χ0n) is 14.3. The summed E-state index contributed by atoms with van der Waals surface area (Å²) in [7, 11) is 0. The quantitative estimate of drug-likeness (QED) is 0.616. The van der Waals surface area contributed by atoms with Crippen LogP contribution < -0.4 is 10.6 Å². The standard InChI is InChI=1S/C21H17F3N2O/c22-21(23,24)16-9-6-10-17(13-16)26-20(27)18-11-4-5-12-19(18)25-14-15-7-2-1-3-8-15/h1-13,25H,14H2,(H,26,27). The van der Waals surface area contributed by atoms with Crippen molar-refractivity contribution in [2.45, 2.75) is 12.7 Å². The first-order valence-corrected chi connectivity index (χ1v) is 8.29. The van der Waals surface area contributed by atoms with Crippen LogP contribution in [-0.4, -0.2) is 5.91 Å². The Morgan fingerprint density at radius 2 is 1.56 bits per heavy atom. The molecule has 0 bridgehead atoms. The molecule has 0 aliphatic rings. The van der Waals surface area contributed by atoms with E-state index in [2.05, 4.69) is 10.6 Å². The summed E-state index contributed by atoms with van der Waals surface area (Å²) in [6.45, 7) is 0.523. The van der Waals surface area contributed by atoms with Crippen molar-refractivity contribution in [3.8, 4) is 0 Å². The van der Waals surface area contributed by atoms with Crippen LogP contribution in [0.5, 0.6) is 0 Å². The Labute approximate surface area is 154 Å². The maximum atomic E-state index is 12.8. The fourth-order valence-electron chi connectivity index (χ4n) is 2.60. The van der Waals surface area contributed by atoms with Crippen LogP contribution in [0.4, 0.5) is 24.5 Å². The molecule has 3 aromatic carbocycles. The van der Waals surface area contributed by atoms with Crippen molar-refractivity contribution in [1.82, 2.24) is 0 Å². The van der Waals surface area contributed by atoms with E-state index < -0.39 is 17.6 Å². The van der Waals surface area contributed by atoms with Gasteiger partial charge in [-0.1, -0.05) is 48.5 Å². The van der Waals surface area contributed by atoms with Crippen LogP contribution in [0, 0.1) is 0 Å². The summed E-state index contributed by atoms with van der Waals surface area (Å²) in [5.74, 6) is -0.481. The Balaban J connectivity index is 1.75. The van der Waals surface area contributed by atoms with E-state index in [1.807, 2.05) is 30.3 Å². The highest BCUT2D eigenvalue weighted by atomic mass is 19.4. The Bertz CT molecular complexity index is 924. The molecule has 0 radical (unpaired) electrons. The third kappa shape index (κ3) is 4.88. The van der Waals surface area contributed by atoms with E-state index in [0.29, 0.717) is 17.8 Å². The van der Waals surface area contributed by atoms with Crippen molar-refractivity contribution in [3.63, 3.8) is 0 Å². The predicted molar refractivity (Wildman–Crippen MR) is 99.6 cm³/mol. The van der Waals surface area contributed by atoms with Gasteiger partial charge in [0.2, 0.25) is 0 Å². The fraction of sp³-hybridized carbons (Fsp3) is 0.0952. The van der Waals surface area contributed by atoms with Gasteiger partial charge in [0.05, 0.1) is 11.1 Å². The maximum absolute atomic E-state index is 12.8. The van der Waals surface area contributed by atoms with Crippen LogP contribution >= 0.6 is 0 Å². The van der Waals surface area contributed by atoms with Gasteiger partial charge in [0.15, 0.2) is 0 Å². The van der Waals surface area contributed by atoms with E-state index in [1.165, 1.54) is 12.1 Å². The number of halogens is 3. The average molecular weight is 370 g/mol. The minimum Gasteiger partial charge on any atom is -0.380 e. The molecule has 0 aliphatic carbocycles. The molecule has 0 spiro atoms. The summed E-state index contributed by atoms with van der Waals surface area (Å²) in [4.78, 5) is 12.6. The number of hydrogen-bond acceptors (Lipinski definition) is 2. The molecule has 0 saturated carbocycles. The van der Waals surface area contributed by atoms with Gasteiger partial charge in [0, 0.05) is 17.9 Å². The smallest absolute Gasteiger partial charge is 0.380 e. The number of alkyl halides is 3. The van der Waals surface area contributed by atoms with Crippen LogP contribution in [0.1, 0.15) is 21.5 Å². The number of amides is 1. The lowest BCUT2D eigenvalue weighted by Crippen LogP contribution is -2.15. The van der Waals surface area contributed by atoms with Crippen molar-refractivity contribution >= 4 is 17.3 Å². The first kappa shape index (κ1) is 18.5. The lowest BCUT2D eigenvalue weighted by molar-refractivity contribution is -0.137. The fourth-order valence-corrected chi connectivity index (χ4v) is 2.60. The highest BCUT2D eigenvalue weighted by Gasteiger charge is 2.30. The van der Waals surface area contributed by atoms with E-state index in [9.17, 15) is 18.0 Å². The number of benzene rings is 3. The molecular weight excluding hydrogens is 353 g/mol. The van der Waals surface area contributed by atoms with Crippen LogP contribution in [0.3, 0.4) is 0 Å². The molecule has 0 saturated heterocycles. The second-order valence-electron chi connectivity index (χ2n) is 5.92. The summed E-state index contributed by atoms with van der Waals surface area (Å²) in [5.41, 5.74) is 1.28. The van der Waals surface area contributed by atoms with E-state index in [1.54, 1.807) is 24.3 Å². The topological polar surface area (TPSA) is 41.1 Å². The number of hydrogen-bond donors (Lipinski definition) is 2. The second-order valence-corrected chi connectivity index (χ2v) is 5.92. The van der Waals surface area contributed by atoms with Crippen LogP contribution in [0.25, 0.3) is 0 Å². The molecule has 3 rings (SSSR count). The zero-order chi connectivity index (χ0) is 19.3. The summed E-state index contributed by atoms with van der Waals surface area (Å²) < 4.78 is 38.5. The van der Waals surface area contributed by atoms with Gasteiger partial charge in [-0.3, -0.25) is 4.79 Å². The highest BCUT2D eigenvalue weighted by Crippen LogP contribution is 2.31. The van der Waals surface area contributed by atoms with Gasteiger partial charge in [-0.05, 0) is 35.9 Å². The molecule has 0 unspecified atom stereocenters. The summed E-state index contributed by atoms with van der Waals surface area (Å²) >= 11 is 0. The lowest BCUT2D eigenvalue weighted by atomic mass is 10.1. The molecule has 3 nitrogen and oxygen atoms in total. The van der Waals surface area contributed by atoms with Crippen molar-refractivity contribution < 1.29 is 18.0 Å². The molecular formula is C21H17F3N2O. The van der Waals surface area contributed by atoms with E-state index in [-0.39, 0.29) is 5.69 Å². The molecule has 0 atom stereocenters. The van der Waals surface area contributed by atoms with Gasteiger partial charge in [-0.25, -0.2) is 0 Å². The van der Waals surface area contributed by atoms with E-state index in [4.69, 9.17) is 0 Å². The van der Waals surface area contributed by atoms with Gasteiger partial charge in [-0.2, -0.15) is 13.2 Å². The minimum absolute atomic E-state index is 0.0905. The van der Waals surface area contributed by atoms with Gasteiger partial charge >= 0.3 is 6.18 Å². The van der Waals surface area contributed by atoms with Crippen LogP contribution in [0.15, 0.2) is 78.9 Å². The average Bonchev–Trinajstić information content (AvgIpc) is 2.67. The van der Waals surface area contributed by atoms with E-state index >= 15 is 0 Å². The Morgan fingerprint density at radius 1 is 0.852 bits per heavy atom. The van der Waals surface area contributed by atoms with Crippen molar-refractivity contribution in [2.75, 3.05) is 10.6 Å². The Hall–Kier alpha value is -3.28. The Kier molecular flexibility index (Phi) is 5.45. The van der Waals surface area contributed by atoms with Crippen molar-refractivity contribution in [2.24, 2.45) is 0 Å². The number of carbonyl (C=O) groups excluding carboxylic acids is 1. The molecule has 27 heavy (non-hydrogen) atoms.